The molecule has 2 amide bonds. The number of rotatable bonds is 5. The van der Waals surface area contributed by atoms with Crippen molar-refractivity contribution in [3.8, 4) is 6.07 Å². The molecule has 3 rings (SSSR count). The van der Waals surface area contributed by atoms with Crippen molar-refractivity contribution in [3.63, 3.8) is 0 Å². The second kappa shape index (κ2) is 10.0. The molecule has 0 aromatic heterocycles. The maximum atomic E-state index is 13.2. The molecule has 0 aliphatic rings. The first-order valence-electron chi connectivity index (χ1n) is 9.44. The standard InChI is InChI=1S/C24H15ClF3N3O2/c25-20-10-3-1-8-18(20)23(33)30-17-7-5-6-15(13-17)12-16(14-29)22(32)31-21-11-4-2-9-19(21)24(26,27)28/h1-13H,(H,30,33)(H,31,32)/b16-12+. The number of alkyl halides is 3. The summed E-state index contributed by atoms with van der Waals surface area (Å²) in [6, 6.07) is 18.9. The third kappa shape index (κ3) is 5.99. The van der Waals surface area contributed by atoms with Gasteiger partial charge in [0.05, 0.1) is 21.8 Å². The number of amides is 2. The van der Waals surface area contributed by atoms with Crippen LogP contribution in [0.3, 0.4) is 0 Å². The van der Waals surface area contributed by atoms with E-state index in [2.05, 4.69) is 10.6 Å². The van der Waals surface area contributed by atoms with Crippen molar-refractivity contribution in [2.75, 3.05) is 10.6 Å². The summed E-state index contributed by atoms with van der Waals surface area (Å²) in [4.78, 5) is 24.9. The van der Waals surface area contributed by atoms with E-state index in [0.717, 1.165) is 12.1 Å². The average Bonchev–Trinajstić information content (AvgIpc) is 2.77. The number of carbonyl (C=O) groups excluding carboxylic acids is 2. The molecular formula is C24H15ClF3N3O2. The van der Waals surface area contributed by atoms with E-state index in [0.29, 0.717) is 11.3 Å². The van der Waals surface area contributed by atoms with E-state index in [1.165, 1.54) is 24.3 Å². The second-order valence-corrected chi connectivity index (χ2v) is 7.13. The van der Waals surface area contributed by atoms with Crippen molar-refractivity contribution < 1.29 is 22.8 Å². The zero-order valence-corrected chi connectivity index (χ0v) is 17.5. The van der Waals surface area contributed by atoms with Crippen molar-refractivity contribution >= 4 is 40.9 Å². The molecule has 0 fully saturated rings. The number of hydrogen-bond acceptors (Lipinski definition) is 3. The molecule has 0 aliphatic heterocycles. The molecule has 0 heterocycles. The number of benzene rings is 3. The molecule has 0 radical (unpaired) electrons. The molecule has 3 aromatic carbocycles. The van der Waals surface area contributed by atoms with Crippen LogP contribution in [-0.4, -0.2) is 11.8 Å². The molecule has 5 nitrogen and oxygen atoms in total. The van der Waals surface area contributed by atoms with Gasteiger partial charge in [-0.15, -0.1) is 0 Å². The summed E-state index contributed by atoms with van der Waals surface area (Å²) in [6.45, 7) is 0. The fourth-order valence-corrected chi connectivity index (χ4v) is 3.12. The number of carbonyl (C=O) groups is 2. The molecule has 9 heteroatoms. The summed E-state index contributed by atoms with van der Waals surface area (Å²) in [5, 5.41) is 14.4. The zero-order valence-electron chi connectivity index (χ0n) is 16.8. The monoisotopic (exact) mass is 469 g/mol. The van der Waals surface area contributed by atoms with Gasteiger partial charge in [0.15, 0.2) is 0 Å². The van der Waals surface area contributed by atoms with Gasteiger partial charge in [0.25, 0.3) is 11.8 Å². The summed E-state index contributed by atoms with van der Waals surface area (Å²) >= 11 is 6.02. The normalized spacial score (nSPS) is 11.4. The minimum atomic E-state index is -4.67. The Hall–Kier alpha value is -4.09. The highest BCUT2D eigenvalue weighted by atomic mass is 35.5. The van der Waals surface area contributed by atoms with Crippen molar-refractivity contribution in [3.05, 3.63) is 100 Å². The summed E-state index contributed by atoms with van der Waals surface area (Å²) in [6.07, 6.45) is -3.47. The van der Waals surface area contributed by atoms with Crippen LogP contribution in [0.5, 0.6) is 0 Å². The average molecular weight is 470 g/mol. The van der Waals surface area contributed by atoms with Crippen LogP contribution < -0.4 is 10.6 Å². The Balaban J connectivity index is 1.81. The highest BCUT2D eigenvalue weighted by Crippen LogP contribution is 2.34. The van der Waals surface area contributed by atoms with Gasteiger partial charge in [-0.1, -0.05) is 48.0 Å². The van der Waals surface area contributed by atoms with Gasteiger partial charge in [0, 0.05) is 5.69 Å². The van der Waals surface area contributed by atoms with Crippen molar-refractivity contribution in [2.24, 2.45) is 0 Å². The van der Waals surface area contributed by atoms with Crippen LogP contribution in [0.1, 0.15) is 21.5 Å². The van der Waals surface area contributed by atoms with E-state index in [1.54, 1.807) is 48.5 Å². The molecule has 0 atom stereocenters. The zero-order chi connectivity index (χ0) is 24.0. The summed E-state index contributed by atoms with van der Waals surface area (Å²) in [5.74, 6) is -1.46. The quantitative estimate of drug-likeness (QED) is 0.347. The van der Waals surface area contributed by atoms with Crippen LogP contribution in [0.2, 0.25) is 5.02 Å². The van der Waals surface area contributed by atoms with Gasteiger partial charge in [-0.2, -0.15) is 18.4 Å². The third-order valence-corrected chi connectivity index (χ3v) is 4.75. The molecule has 0 spiro atoms. The number of hydrogen-bond donors (Lipinski definition) is 2. The number of anilines is 2. The predicted molar refractivity (Wildman–Crippen MR) is 120 cm³/mol. The van der Waals surface area contributed by atoms with Crippen LogP contribution in [0, 0.1) is 11.3 Å². The molecule has 0 aliphatic carbocycles. The minimum Gasteiger partial charge on any atom is -0.322 e. The van der Waals surface area contributed by atoms with Gasteiger partial charge >= 0.3 is 6.18 Å². The van der Waals surface area contributed by atoms with Gasteiger partial charge in [-0.05, 0) is 48.0 Å². The first-order valence-corrected chi connectivity index (χ1v) is 9.82. The van der Waals surface area contributed by atoms with Crippen molar-refractivity contribution in [1.29, 1.82) is 5.26 Å². The summed E-state index contributed by atoms with van der Waals surface area (Å²) < 4.78 is 39.5. The number of nitriles is 1. The lowest BCUT2D eigenvalue weighted by Crippen LogP contribution is -2.17. The molecule has 0 saturated carbocycles. The lowest BCUT2D eigenvalue weighted by molar-refractivity contribution is -0.137. The Morgan fingerprint density at radius 1 is 0.939 bits per heavy atom. The number of para-hydroxylation sites is 1. The maximum Gasteiger partial charge on any atom is 0.418 e. The molecule has 33 heavy (non-hydrogen) atoms. The predicted octanol–water partition coefficient (Wildman–Crippen LogP) is 6.16. The van der Waals surface area contributed by atoms with Crippen molar-refractivity contribution in [1.82, 2.24) is 0 Å². The van der Waals surface area contributed by atoms with Crippen LogP contribution in [0.25, 0.3) is 6.08 Å². The van der Waals surface area contributed by atoms with Crippen LogP contribution in [0.15, 0.2) is 78.4 Å². The molecule has 166 valence electrons. The molecule has 0 unspecified atom stereocenters. The van der Waals surface area contributed by atoms with E-state index >= 15 is 0 Å². The highest BCUT2D eigenvalue weighted by Gasteiger charge is 2.33. The Labute approximate surface area is 192 Å². The first kappa shape index (κ1) is 23.6. The van der Waals surface area contributed by atoms with E-state index in [4.69, 9.17) is 11.6 Å². The Morgan fingerprint density at radius 3 is 2.33 bits per heavy atom. The molecule has 3 aromatic rings. The Morgan fingerprint density at radius 2 is 1.64 bits per heavy atom. The Bertz CT molecular complexity index is 1280. The topological polar surface area (TPSA) is 82.0 Å². The van der Waals surface area contributed by atoms with Gasteiger partial charge in [0.2, 0.25) is 0 Å². The maximum absolute atomic E-state index is 13.2. The van der Waals surface area contributed by atoms with Crippen molar-refractivity contribution in [2.45, 2.75) is 6.18 Å². The lowest BCUT2D eigenvalue weighted by atomic mass is 10.1. The summed E-state index contributed by atoms with van der Waals surface area (Å²) in [5.41, 5.74) is -0.893. The molecule has 0 saturated heterocycles. The van der Waals surface area contributed by atoms with E-state index in [1.807, 2.05) is 0 Å². The fraction of sp³-hybridized carbons (Fsp3) is 0.0417. The molecular weight excluding hydrogens is 455 g/mol. The third-order valence-electron chi connectivity index (χ3n) is 4.42. The minimum absolute atomic E-state index is 0.264. The van der Waals surface area contributed by atoms with Gasteiger partial charge < -0.3 is 10.6 Å². The smallest absolute Gasteiger partial charge is 0.322 e. The van der Waals surface area contributed by atoms with Crippen LogP contribution in [-0.2, 0) is 11.0 Å². The molecule has 0 bridgehead atoms. The number of nitrogens with one attached hydrogen (secondary N) is 2. The van der Waals surface area contributed by atoms with E-state index in [9.17, 15) is 28.0 Å². The van der Waals surface area contributed by atoms with E-state index < -0.39 is 34.8 Å². The number of nitrogens with zero attached hydrogens (tertiary/aromatic N) is 1. The molecule has 2 N–H and O–H groups in total. The van der Waals surface area contributed by atoms with Gasteiger partial charge in [-0.25, -0.2) is 0 Å². The fourth-order valence-electron chi connectivity index (χ4n) is 2.89. The highest BCUT2D eigenvalue weighted by molar-refractivity contribution is 6.34. The largest absolute Gasteiger partial charge is 0.418 e. The van der Waals surface area contributed by atoms with Crippen LogP contribution in [0.4, 0.5) is 24.5 Å². The van der Waals surface area contributed by atoms with E-state index in [-0.39, 0.29) is 10.6 Å². The SMILES string of the molecule is N#C/C(=C\c1cccc(NC(=O)c2ccccc2Cl)c1)C(=O)Nc1ccccc1C(F)(F)F. The van der Waals surface area contributed by atoms with Gasteiger partial charge in [0.1, 0.15) is 11.6 Å². The lowest BCUT2D eigenvalue weighted by Gasteiger charge is -2.13. The van der Waals surface area contributed by atoms with Crippen LogP contribution >= 0.6 is 11.6 Å². The number of halogens is 4. The first-order chi connectivity index (χ1) is 15.7. The van der Waals surface area contributed by atoms with Gasteiger partial charge in [-0.3, -0.25) is 9.59 Å². The summed E-state index contributed by atoms with van der Waals surface area (Å²) in [7, 11) is 0. The Kier molecular flexibility index (Phi) is 7.16. The second-order valence-electron chi connectivity index (χ2n) is 6.73.